The number of aryl methyl sites for hydroxylation is 3. The van der Waals surface area contributed by atoms with Gasteiger partial charge in [0.2, 0.25) is 5.69 Å². The first-order chi connectivity index (χ1) is 18.8. The molecular weight excluding hydrogens is 564 g/mol. The molecule has 0 saturated heterocycles. The number of benzene rings is 3. The average molecular weight is 593 g/mol. The first kappa shape index (κ1) is 27.8. The van der Waals surface area contributed by atoms with Crippen LogP contribution in [-0.2, 0) is 6.42 Å². The van der Waals surface area contributed by atoms with E-state index in [-0.39, 0.29) is 5.69 Å². The number of unbranched alkanes of at least 4 members (excludes halogenated alkanes) is 1. The summed E-state index contributed by atoms with van der Waals surface area (Å²) in [7, 11) is 1.59. The van der Waals surface area contributed by atoms with Gasteiger partial charge in [-0.2, -0.15) is 9.78 Å². The van der Waals surface area contributed by atoms with E-state index in [4.69, 9.17) is 9.47 Å². The Morgan fingerprint density at radius 3 is 2.41 bits per heavy atom. The van der Waals surface area contributed by atoms with Crippen LogP contribution in [0.1, 0.15) is 40.0 Å². The van der Waals surface area contributed by atoms with Gasteiger partial charge in [0.1, 0.15) is 17.2 Å². The summed E-state index contributed by atoms with van der Waals surface area (Å²) < 4.78 is 13.1. The monoisotopic (exact) mass is 592 g/mol. The van der Waals surface area contributed by atoms with Gasteiger partial charge in [-0.3, -0.25) is 14.6 Å². The molecule has 0 saturated carbocycles. The van der Waals surface area contributed by atoms with Crippen LogP contribution in [0.3, 0.4) is 0 Å². The minimum Gasteiger partial charge on any atom is -0.496 e. The molecule has 0 unspecified atom stereocenters. The smallest absolute Gasteiger partial charge is 0.349 e. The maximum Gasteiger partial charge on any atom is 0.349 e. The van der Waals surface area contributed by atoms with Gasteiger partial charge in [0, 0.05) is 6.54 Å². The molecule has 0 bridgehead atoms. The van der Waals surface area contributed by atoms with Crippen molar-refractivity contribution in [3.63, 3.8) is 0 Å². The summed E-state index contributed by atoms with van der Waals surface area (Å²) in [6.07, 6.45) is 2.52. The second-order valence-corrected chi connectivity index (χ2v) is 9.88. The molecule has 0 aliphatic rings. The van der Waals surface area contributed by atoms with E-state index in [0.29, 0.717) is 29.5 Å². The van der Waals surface area contributed by atoms with Gasteiger partial charge in [0.25, 0.3) is 11.5 Å². The summed E-state index contributed by atoms with van der Waals surface area (Å²) in [6, 6.07) is 18.9. The Balaban J connectivity index is 1.48. The van der Waals surface area contributed by atoms with Crippen molar-refractivity contribution in [2.24, 2.45) is 0 Å². The third-order valence-electron chi connectivity index (χ3n) is 6.10. The van der Waals surface area contributed by atoms with Gasteiger partial charge in [0.15, 0.2) is 0 Å². The number of hydrogen-bond donors (Lipinski definition) is 2. The van der Waals surface area contributed by atoms with Crippen molar-refractivity contribution in [1.29, 1.82) is 0 Å². The van der Waals surface area contributed by atoms with Crippen LogP contribution in [0.2, 0.25) is 0 Å². The molecule has 4 aromatic rings. The summed E-state index contributed by atoms with van der Waals surface area (Å²) in [4.78, 5) is 39.9. The lowest BCUT2D eigenvalue weighted by Gasteiger charge is -2.15. The Labute approximate surface area is 233 Å². The number of carbonyl (C=O) groups is 1. The molecule has 1 amide bonds. The van der Waals surface area contributed by atoms with Gasteiger partial charge in [-0.1, -0.05) is 30.3 Å². The molecule has 9 nitrogen and oxygen atoms in total. The van der Waals surface area contributed by atoms with Gasteiger partial charge >= 0.3 is 5.69 Å². The van der Waals surface area contributed by atoms with E-state index in [1.165, 1.54) is 5.56 Å². The van der Waals surface area contributed by atoms with Gasteiger partial charge in [-0.05, 0) is 96.1 Å². The molecule has 202 valence electrons. The minimum atomic E-state index is -0.837. The van der Waals surface area contributed by atoms with Gasteiger partial charge in [-0.25, -0.2) is 4.79 Å². The van der Waals surface area contributed by atoms with Crippen molar-refractivity contribution >= 4 is 21.8 Å². The highest BCUT2D eigenvalue weighted by Gasteiger charge is 2.17. The maximum atomic E-state index is 12.7. The Morgan fingerprint density at radius 1 is 1.03 bits per heavy atom. The van der Waals surface area contributed by atoms with Crippen molar-refractivity contribution in [2.45, 2.75) is 33.1 Å². The fraction of sp³-hybridized carbons (Fsp3) is 0.241. The largest absolute Gasteiger partial charge is 0.496 e. The zero-order valence-corrected chi connectivity index (χ0v) is 23.5. The number of amides is 1. The Hall–Kier alpha value is -4.18. The minimum absolute atomic E-state index is 0.378. The summed E-state index contributed by atoms with van der Waals surface area (Å²) in [5.74, 6) is 1.26. The summed E-state index contributed by atoms with van der Waals surface area (Å²) in [6.45, 7) is 4.06. The highest BCUT2D eigenvalue weighted by Crippen LogP contribution is 2.34. The number of aromatic amines is 1. The predicted octanol–water partition coefficient (Wildman–Crippen LogP) is 4.85. The van der Waals surface area contributed by atoms with E-state index in [2.05, 4.69) is 43.5 Å². The van der Waals surface area contributed by atoms with Gasteiger partial charge < -0.3 is 14.8 Å². The van der Waals surface area contributed by atoms with Crippen LogP contribution >= 0.6 is 15.9 Å². The molecule has 0 spiro atoms. The average Bonchev–Trinajstić information content (AvgIpc) is 2.91. The summed E-state index contributed by atoms with van der Waals surface area (Å²) in [5.41, 5.74) is 1.14. The van der Waals surface area contributed by atoms with Crippen molar-refractivity contribution in [1.82, 2.24) is 20.1 Å². The second-order valence-electron chi connectivity index (χ2n) is 9.03. The third kappa shape index (κ3) is 6.83. The molecule has 4 rings (SSSR count). The molecule has 0 aliphatic carbocycles. The van der Waals surface area contributed by atoms with E-state index in [1.807, 2.05) is 32.0 Å². The standard InChI is InChI=1S/C29H29BrN4O5/c1-18-15-21(16-19(2)26(18)39-22-12-13-24(38-3)23(30)17-22)34-29(37)32-28(36)25(33-34)27(35)31-14-8-7-11-20-9-5-4-6-10-20/h4-6,9-10,12-13,15-17H,7-8,11,14H2,1-3H3,(H,31,35)(H,32,36,37). The highest BCUT2D eigenvalue weighted by molar-refractivity contribution is 9.10. The lowest BCUT2D eigenvalue weighted by Crippen LogP contribution is -2.39. The van der Waals surface area contributed by atoms with E-state index in [1.54, 1.807) is 37.4 Å². The van der Waals surface area contributed by atoms with Gasteiger partial charge in [-0.15, -0.1) is 0 Å². The molecule has 10 heteroatoms. The lowest BCUT2D eigenvalue weighted by molar-refractivity contribution is 0.0944. The Kier molecular flexibility index (Phi) is 8.98. The quantitative estimate of drug-likeness (QED) is 0.254. The van der Waals surface area contributed by atoms with Crippen molar-refractivity contribution in [2.75, 3.05) is 13.7 Å². The van der Waals surface area contributed by atoms with Crippen LogP contribution in [0.4, 0.5) is 0 Å². The number of halogens is 1. The molecule has 0 atom stereocenters. The topological polar surface area (TPSA) is 115 Å². The van der Waals surface area contributed by atoms with Gasteiger partial charge in [0.05, 0.1) is 17.3 Å². The number of nitrogens with zero attached hydrogens (tertiary/aromatic N) is 2. The second kappa shape index (κ2) is 12.6. The number of rotatable bonds is 10. The first-order valence-corrected chi connectivity index (χ1v) is 13.2. The summed E-state index contributed by atoms with van der Waals surface area (Å²) in [5, 5.41) is 6.83. The number of ether oxygens (including phenoxy) is 2. The van der Waals surface area contributed by atoms with Crippen LogP contribution in [0.15, 0.2) is 74.7 Å². The van der Waals surface area contributed by atoms with Crippen LogP contribution in [0, 0.1) is 13.8 Å². The van der Waals surface area contributed by atoms with Crippen LogP contribution in [0.5, 0.6) is 17.2 Å². The van der Waals surface area contributed by atoms with E-state index in [0.717, 1.165) is 39.5 Å². The number of aromatic nitrogens is 3. The van der Waals surface area contributed by atoms with E-state index in [9.17, 15) is 14.4 Å². The fourth-order valence-electron chi connectivity index (χ4n) is 4.15. The molecule has 1 aromatic heterocycles. The predicted molar refractivity (Wildman–Crippen MR) is 152 cm³/mol. The number of H-pyrrole nitrogens is 1. The number of hydrogen-bond acceptors (Lipinski definition) is 6. The molecule has 0 fully saturated rings. The molecule has 0 aliphatic heterocycles. The van der Waals surface area contributed by atoms with Crippen LogP contribution in [-0.4, -0.2) is 34.3 Å². The Morgan fingerprint density at radius 2 is 1.74 bits per heavy atom. The maximum absolute atomic E-state index is 12.7. The lowest BCUT2D eigenvalue weighted by atomic mass is 10.1. The fourth-order valence-corrected chi connectivity index (χ4v) is 4.67. The SMILES string of the molecule is COc1ccc(Oc2c(C)cc(-n3nc(C(=O)NCCCCc4ccccc4)c(=O)[nH]c3=O)cc2C)cc1Br. The van der Waals surface area contributed by atoms with Crippen molar-refractivity contribution in [3.05, 3.63) is 108 Å². The molecule has 1 heterocycles. The van der Waals surface area contributed by atoms with Crippen LogP contribution < -0.4 is 26.0 Å². The zero-order valence-electron chi connectivity index (χ0n) is 21.9. The first-order valence-electron chi connectivity index (χ1n) is 12.5. The highest BCUT2D eigenvalue weighted by atomic mass is 79.9. The third-order valence-corrected chi connectivity index (χ3v) is 6.72. The summed E-state index contributed by atoms with van der Waals surface area (Å²) >= 11 is 3.45. The Bertz CT molecular complexity index is 1570. The van der Waals surface area contributed by atoms with Crippen molar-refractivity contribution < 1.29 is 14.3 Å². The molecule has 3 aromatic carbocycles. The molecule has 0 radical (unpaired) electrons. The number of nitrogens with one attached hydrogen (secondary N) is 2. The molecule has 2 N–H and O–H groups in total. The van der Waals surface area contributed by atoms with E-state index >= 15 is 0 Å². The number of carbonyl (C=O) groups excluding carboxylic acids is 1. The number of methoxy groups -OCH3 is 1. The van der Waals surface area contributed by atoms with E-state index < -0.39 is 17.2 Å². The zero-order chi connectivity index (χ0) is 27.9. The van der Waals surface area contributed by atoms with Crippen LogP contribution in [0.25, 0.3) is 5.69 Å². The normalized spacial score (nSPS) is 10.8. The van der Waals surface area contributed by atoms with Crippen molar-refractivity contribution in [3.8, 4) is 22.9 Å². The molecule has 39 heavy (non-hydrogen) atoms. The molecular formula is C29H29BrN4O5.